The molecular formula is C26H34N4O. The van der Waals surface area contributed by atoms with Crippen molar-refractivity contribution >= 4 is 5.91 Å². The molecule has 5 nitrogen and oxygen atoms in total. The lowest BCUT2D eigenvalue weighted by Crippen LogP contribution is -2.51. The van der Waals surface area contributed by atoms with E-state index < -0.39 is 0 Å². The van der Waals surface area contributed by atoms with Crippen molar-refractivity contribution in [2.45, 2.75) is 75.9 Å². The average Bonchev–Trinajstić information content (AvgIpc) is 3.35. The molecule has 5 heteroatoms. The summed E-state index contributed by atoms with van der Waals surface area (Å²) in [6.07, 6.45) is 10.1. The van der Waals surface area contributed by atoms with Gasteiger partial charge in [-0.25, -0.2) is 5.43 Å². The van der Waals surface area contributed by atoms with E-state index in [9.17, 15) is 4.79 Å². The van der Waals surface area contributed by atoms with Gasteiger partial charge in [-0.3, -0.25) is 9.80 Å². The van der Waals surface area contributed by atoms with E-state index in [-0.39, 0.29) is 17.5 Å². The van der Waals surface area contributed by atoms with Gasteiger partial charge in [-0.1, -0.05) is 37.3 Å². The minimum absolute atomic E-state index is 0.0640. The number of hydrogen-bond donors (Lipinski definition) is 3. The van der Waals surface area contributed by atoms with Crippen LogP contribution >= 0.6 is 0 Å². The van der Waals surface area contributed by atoms with Gasteiger partial charge in [0, 0.05) is 18.1 Å². The molecule has 1 spiro atoms. The number of hydrazine groups is 1. The van der Waals surface area contributed by atoms with E-state index in [4.69, 9.17) is 0 Å². The third-order valence-corrected chi connectivity index (χ3v) is 9.93. The summed E-state index contributed by atoms with van der Waals surface area (Å²) >= 11 is 0. The standard InChI is InChI=1S/C26H34N4O/c1-2-20-10-22(17-6-4-3-5-7-17)28-23-21(14-27-30(20)23)24(31)29-25-11-16-8-18-9-19(13-25)26(18,12-16)15-25/h3-7,16,18-20,22,27-28H,2,8-15H2,1H3,(H,29,31). The minimum atomic E-state index is 0.0640. The third kappa shape index (κ3) is 2.50. The first-order valence-electron chi connectivity index (χ1n) is 12.5. The van der Waals surface area contributed by atoms with Crippen LogP contribution in [0.15, 0.2) is 41.7 Å². The number of benzene rings is 1. The van der Waals surface area contributed by atoms with E-state index in [1.54, 1.807) is 0 Å². The lowest BCUT2D eigenvalue weighted by atomic mass is 9.56. The SMILES string of the molecule is CCC1CC(c2ccccc2)NC2=C(C(=O)NC34CC5CC6CC(C3)C6(C5)C4)CNN21. The van der Waals surface area contributed by atoms with Crippen molar-refractivity contribution in [3.05, 3.63) is 47.3 Å². The topological polar surface area (TPSA) is 56.4 Å². The van der Waals surface area contributed by atoms with Crippen LogP contribution in [0.25, 0.3) is 0 Å². The van der Waals surface area contributed by atoms with Gasteiger partial charge in [-0.2, -0.15) is 0 Å². The first kappa shape index (κ1) is 18.6. The normalized spacial score (nSPS) is 44.0. The molecule has 1 amide bonds. The number of hydrogen-bond acceptors (Lipinski definition) is 4. The Morgan fingerprint density at radius 1 is 1.13 bits per heavy atom. The summed E-state index contributed by atoms with van der Waals surface area (Å²) in [5.41, 5.74) is 6.39. The summed E-state index contributed by atoms with van der Waals surface area (Å²) < 4.78 is 0. The van der Waals surface area contributed by atoms with Crippen LogP contribution in [0, 0.1) is 23.2 Å². The van der Waals surface area contributed by atoms with Gasteiger partial charge in [0.05, 0.1) is 11.6 Å². The highest BCUT2D eigenvalue weighted by Gasteiger charge is 2.71. The van der Waals surface area contributed by atoms with Crippen LogP contribution in [0.5, 0.6) is 0 Å². The van der Waals surface area contributed by atoms with Crippen molar-refractivity contribution in [2.24, 2.45) is 23.2 Å². The molecule has 1 aromatic carbocycles. The van der Waals surface area contributed by atoms with Gasteiger partial charge in [0.25, 0.3) is 5.91 Å². The van der Waals surface area contributed by atoms with Crippen molar-refractivity contribution in [2.75, 3.05) is 6.54 Å². The Labute approximate surface area is 185 Å². The molecule has 1 aromatic rings. The first-order valence-corrected chi connectivity index (χ1v) is 12.5. The molecular weight excluding hydrogens is 384 g/mol. The number of carbonyl (C=O) groups is 1. The zero-order valence-electron chi connectivity index (χ0n) is 18.5. The quantitative estimate of drug-likeness (QED) is 0.699. The van der Waals surface area contributed by atoms with Gasteiger partial charge in [0.15, 0.2) is 0 Å². The second kappa shape index (κ2) is 6.28. The molecule has 2 aliphatic heterocycles. The fraction of sp³-hybridized carbons (Fsp3) is 0.654. The van der Waals surface area contributed by atoms with Crippen LogP contribution in [-0.2, 0) is 4.79 Å². The van der Waals surface area contributed by atoms with E-state index in [2.05, 4.69) is 58.3 Å². The molecule has 0 aromatic heterocycles. The molecule has 31 heavy (non-hydrogen) atoms. The number of fused-ring (bicyclic) bond motifs is 3. The minimum Gasteiger partial charge on any atom is -0.363 e. The van der Waals surface area contributed by atoms with E-state index in [0.29, 0.717) is 18.0 Å². The van der Waals surface area contributed by atoms with Crippen molar-refractivity contribution in [3.8, 4) is 0 Å². The first-order chi connectivity index (χ1) is 15.1. The number of rotatable bonds is 4. The molecule has 1 saturated heterocycles. The Hall–Kier alpha value is -2.01. The fourth-order valence-corrected chi connectivity index (χ4v) is 8.80. The van der Waals surface area contributed by atoms with Crippen molar-refractivity contribution in [1.29, 1.82) is 0 Å². The van der Waals surface area contributed by atoms with E-state index in [0.717, 1.165) is 42.0 Å². The molecule has 7 unspecified atom stereocenters. The number of nitrogens with zero attached hydrogens (tertiary/aromatic N) is 1. The van der Waals surface area contributed by atoms with Gasteiger partial charge in [0.1, 0.15) is 5.82 Å². The molecule has 164 valence electrons. The average molecular weight is 419 g/mol. The van der Waals surface area contributed by atoms with Crippen molar-refractivity contribution < 1.29 is 4.79 Å². The molecule has 3 bridgehead atoms. The maximum atomic E-state index is 13.7. The molecule has 4 aliphatic carbocycles. The smallest absolute Gasteiger partial charge is 0.252 e. The number of amides is 1. The Morgan fingerprint density at radius 2 is 2.00 bits per heavy atom. The molecule has 7 rings (SSSR count). The molecule has 7 atom stereocenters. The molecule has 3 N–H and O–H groups in total. The van der Waals surface area contributed by atoms with Gasteiger partial charge in [0.2, 0.25) is 0 Å². The molecule has 0 radical (unpaired) electrons. The van der Waals surface area contributed by atoms with Crippen LogP contribution in [0.2, 0.25) is 0 Å². The van der Waals surface area contributed by atoms with Crippen LogP contribution in [0.1, 0.15) is 69.9 Å². The second-order valence-corrected chi connectivity index (χ2v) is 11.4. The highest BCUT2D eigenvalue weighted by molar-refractivity contribution is 5.95. The van der Waals surface area contributed by atoms with Crippen LogP contribution in [-0.4, -0.2) is 29.0 Å². The maximum absolute atomic E-state index is 13.7. The summed E-state index contributed by atoms with van der Waals surface area (Å²) in [7, 11) is 0. The zero-order valence-corrected chi connectivity index (χ0v) is 18.5. The Balaban J connectivity index is 1.17. The molecule has 4 saturated carbocycles. The summed E-state index contributed by atoms with van der Waals surface area (Å²) in [5.74, 6) is 3.86. The predicted molar refractivity (Wildman–Crippen MR) is 119 cm³/mol. The largest absolute Gasteiger partial charge is 0.363 e. The van der Waals surface area contributed by atoms with Crippen molar-refractivity contribution in [3.63, 3.8) is 0 Å². The van der Waals surface area contributed by atoms with E-state index in [1.165, 1.54) is 44.1 Å². The fourth-order valence-electron chi connectivity index (χ4n) is 8.80. The Kier molecular flexibility index (Phi) is 3.76. The zero-order chi connectivity index (χ0) is 20.8. The summed E-state index contributed by atoms with van der Waals surface area (Å²) in [4.78, 5) is 13.7. The van der Waals surface area contributed by atoms with Crippen molar-refractivity contribution in [1.82, 2.24) is 21.1 Å². The third-order valence-electron chi connectivity index (χ3n) is 9.93. The molecule has 6 aliphatic rings. The molecule has 5 fully saturated rings. The van der Waals surface area contributed by atoms with Gasteiger partial charge >= 0.3 is 0 Å². The summed E-state index contributed by atoms with van der Waals surface area (Å²) in [5, 5.41) is 9.61. The van der Waals surface area contributed by atoms with Crippen LogP contribution < -0.4 is 16.1 Å². The molecule has 2 heterocycles. The Bertz CT molecular complexity index is 955. The highest BCUT2D eigenvalue weighted by atomic mass is 16.2. The summed E-state index contributed by atoms with van der Waals surface area (Å²) in [6, 6.07) is 11.3. The lowest BCUT2D eigenvalue weighted by molar-refractivity contribution is -0.119. The highest BCUT2D eigenvalue weighted by Crippen LogP contribution is 2.76. The van der Waals surface area contributed by atoms with Crippen LogP contribution in [0.4, 0.5) is 0 Å². The van der Waals surface area contributed by atoms with Gasteiger partial charge in [-0.15, -0.1) is 0 Å². The summed E-state index contributed by atoms with van der Waals surface area (Å²) in [6.45, 7) is 2.87. The Morgan fingerprint density at radius 3 is 2.84 bits per heavy atom. The number of carbonyl (C=O) groups excluding carboxylic acids is 1. The van der Waals surface area contributed by atoms with Gasteiger partial charge < -0.3 is 10.6 Å². The van der Waals surface area contributed by atoms with Gasteiger partial charge in [-0.05, 0) is 80.1 Å². The predicted octanol–water partition coefficient (Wildman–Crippen LogP) is 3.62. The maximum Gasteiger partial charge on any atom is 0.252 e. The number of nitrogens with one attached hydrogen (secondary N) is 3. The van der Waals surface area contributed by atoms with E-state index in [1.807, 2.05) is 0 Å². The second-order valence-electron chi connectivity index (χ2n) is 11.4. The lowest BCUT2D eigenvalue weighted by Gasteiger charge is -2.49. The van der Waals surface area contributed by atoms with E-state index >= 15 is 0 Å². The van der Waals surface area contributed by atoms with Crippen LogP contribution in [0.3, 0.4) is 0 Å². The monoisotopic (exact) mass is 418 g/mol.